The first-order valence-electron chi connectivity index (χ1n) is 19.4. The first-order valence-corrected chi connectivity index (χ1v) is 19.4. The normalized spacial score (nSPS) is 12.1. The van der Waals surface area contributed by atoms with E-state index in [0.29, 0.717) is 25.7 Å². The lowest BCUT2D eigenvalue weighted by molar-refractivity contribution is -0.147. The highest BCUT2D eigenvalue weighted by atomic mass is 16.5. The Morgan fingerprint density at radius 1 is 0.419 bits per heavy atom. The first-order chi connectivity index (χ1) is 28.9. The van der Waals surface area contributed by atoms with Crippen molar-refractivity contribution in [3.8, 4) is 0 Å². The Kier molecular flexibility index (Phi) is 38.1. The Balaban J connectivity index is -0.000000373. The quantitative estimate of drug-likeness (QED) is 0.0734. The van der Waals surface area contributed by atoms with Crippen LogP contribution < -0.4 is 21.3 Å². The van der Waals surface area contributed by atoms with E-state index in [2.05, 4.69) is 51.5 Å². The molecule has 5 atom stereocenters. The van der Waals surface area contributed by atoms with Crippen molar-refractivity contribution in [2.24, 2.45) is 5.92 Å². The summed E-state index contributed by atoms with van der Waals surface area (Å²) in [4.78, 5) is 111. The van der Waals surface area contributed by atoms with Crippen molar-refractivity contribution in [3.05, 3.63) is 48.1 Å². The maximum atomic E-state index is 11.5. The fraction of sp³-hybridized carbons (Fsp3) is 0.581. The number of nitrogens with one attached hydrogen (secondary N) is 4. The van der Waals surface area contributed by atoms with Crippen molar-refractivity contribution in [1.82, 2.24) is 21.3 Å². The highest BCUT2D eigenvalue weighted by Gasteiger charge is 2.22. The topological polar surface area (TPSA) is 265 Å². The second-order valence-corrected chi connectivity index (χ2v) is 13.7. The van der Waals surface area contributed by atoms with Crippen molar-refractivity contribution >= 4 is 59.3 Å². The minimum Gasteiger partial charge on any atom is -0.469 e. The molecule has 0 aliphatic carbocycles. The van der Waals surface area contributed by atoms with Gasteiger partial charge in [-0.1, -0.05) is 41.5 Å². The molecule has 0 spiro atoms. The Morgan fingerprint density at radius 3 is 0.935 bits per heavy atom. The summed E-state index contributed by atoms with van der Waals surface area (Å²) in [6, 6.07) is -2.53. The minimum atomic E-state index is -0.775. The van der Waals surface area contributed by atoms with E-state index < -0.39 is 59.9 Å². The number of ketones is 1. The smallest absolute Gasteiger partial charge is 0.328 e. The monoisotopic (exact) mass is 882 g/mol. The Bertz CT molecular complexity index is 1470. The molecule has 0 unspecified atom stereocenters. The minimum absolute atomic E-state index is 0.100. The lowest BCUT2D eigenvalue weighted by Crippen LogP contribution is -2.40. The molecule has 19 nitrogen and oxygen atoms in total. The molecule has 352 valence electrons. The maximum Gasteiger partial charge on any atom is 0.328 e. The molecule has 4 amide bonds. The van der Waals surface area contributed by atoms with Gasteiger partial charge in [-0.25, -0.2) is 19.2 Å². The summed E-state index contributed by atoms with van der Waals surface area (Å²) < 4.78 is 22.8. The molecule has 4 N–H and O–H groups in total. The van der Waals surface area contributed by atoms with Gasteiger partial charge in [-0.3, -0.25) is 24.0 Å². The van der Waals surface area contributed by atoms with Gasteiger partial charge in [0.25, 0.3) is 0 Å². The molecule has 0 aromatic carbocycles. The van der Waals surface area contributed by atoms with Gasteiger partial charge in [0.15, 0.2) is 0 Å². The van der Waals surface area contributed by atoms with Gasteiger partial charge in [0.05, 0.1) is 41.5 Å². The molecule has 0 radical (unpaired) electrons. The van der Waals surface area contributed by atoms with Crippen molar-refractivity contribution in [2.75, 3.05) is 35.5 Å². The zero-order valence-corrected chi connectivity index (χ0v) is 38.8. The molecule has 0 fully saturated rings. The molecule has 62 heavy (non-hydrogen) atoms. The van der Waals surface area contributed by atoms with E-state index in [1.54, 1.807) is 18.2 Å². The molecule has 0 bridgehead atoms. The predicted molar refractivity (Wildman–Crippen MR) is 231 cm³/mol. The highest BCUT2D eigenvalue weighted by Crippen LogP contribution is 2.13. The van der Waals surface area contributed by atoms with E-state index in [-0.39, 0.29) is 42.3 Å². The van der Waals surface area contributed by atoms with Gasteiger partial charge in [0.2, 0.25) is 23.6 Å². The summed E-state index contributed by atoms with van der Waals surface area (Å²) in [7, 11) is 6.39. The van der Waals surface area contributed by atoms with Crippen molar-refractivity contribution in [3.63, 3.8) is 0 Å². The number of amides is 4. The van der Waals surface area contributed by atoms with Crippen LogP contribution in [0.5, 0.6) is 0 Å². The van der Waals surface area contributed by atoms with E-state index in [1.165, 1.54) is 70.2 Å². The van der Waals surface area contributed by atoms with Gasteiger partial charge >= 0.3 is 29.8 Å². The highest BCUT2D eigenvalue weighted by molar-refractivity contribution is 5.85. The molecule has 0 aromatic rings. The summed E-state index contributed by atoms with van der Waals surface area (Å²) in [6.45, 7) is 18.0. The average molecular weight is 883 g/mol. The van der Waals surface area contributed by atoms with Gasteiger partial charge in [0, 0.05) is 34.1 Å². The van der Waals surface area contributed by atoms with Crippen molar-refractivity contribution in [2.45, 2.75) is 125 Å². The zero-order chi connectivity index (χ0) is 49.0. The number of allylic oxidation sites excluding steroid dienone is 3. The lowest BCUT2D eigenvalue weighted by atomic mass is 9.98. The fourth-order valence-electron chi connectivity index (χ4n) is 4.55. The number of rotatable bonds is 21. The lowest BCUT2D eigenvalue weighted by Gasteiger charge is -2.13. The maximum absolute atomic E-state index is 11.5. The zero-order valence-electron chi connectivity index (χ0n) is 38.8. The van der Waals surface area contributed by atoms with Crippen LogP contribution >= 0.6 is 0 Å². The third kappa shape index (κ3) is 36.9. The van der Waals surface area contributed by atoms with Crippen LogP contribution in [0.2, 0.25) is 0 Å². The standard InChI is InChI=1S/C15H23NO6.2C10H17NO3.C8H13NO3/c1-10(17)9-12(14(19)21-3)7-5-6-8-13(15(20)22-4)16-11(2)18;2*1-7(2)5-6-9(10(13)14-4)11-8(3)12;1-4-5-7(8(11)12-3)9-6(2)10/h5-6,12-13H,7-9H2,1-4H3,(H,16,18);2*5,9H,6H2,1-4H3,(H,11,12);4,7H,1,5H2,2-3H3,(H,9,10)/t12-,13+;2*9-;7-/m1000/s1. The van der Waals surface area contributed by atoms with Gasteiger partial charge in [-0.05, 0) is 66.7 Å². The SMILES string of the molecule is C=CC[C@H](NC(C)=O)C(=O)OC.COC(=O)[C@H](CC=C(C)C)NC(C)=O.COC(=O)[C@H](CC=C(C)C)NC(C)=O.COC(=O)[C@H](CC=CC[C@H](NC(C)=O)C(=O)OC)CC(C)=O. The number of hydrogen-bond acceptors (Lipinski definition) is 15. The molecule has 0 aliphatic heterocycles. The summed E-state index contributed by atoms with van der Waals surface area (Å²) in [5.41, 5.74) is 2.20. The second kappa shape index (κ2) is 37.8. The molecular formula is C43H70N4O15. The predicted octanol–water partition coefficient (Wildman–Crippen LogP) is 3.05. The Hall–Kier alpha value is -6.14. The number of esters is 5. The number of carbonyl (C=O) groups is 10. The molecule has 19 heteroatoms. The molecule has 0 heterocycles. The van der Waals surface area contributed by atoms with Gasteiger partial charge in [-0.2, -0.15) is 0 Å². The second-order valence-electron chi connectivity index (χ2n) is 13.7. The van der Waals surface area contributed by atoms with E-state index in [1.807, 2.05) is 39.8 Å². The van der Waals surface area contributed by atoms with E-state index in [4.69, 9.17) is 0 Å². The summed E-state index contributed by atoms with van der Waals surface area (Å²) >= 11 is 0. The van der Waals surface area contributed by atoms with Crippen LogP contribution in [0.25, 0.3) is 0 Å². The molecule has 0 rings (SSSR count). The van der Waals surface area contributed by atoms with Crippen molar-refractivity contribution < 1.29 is 71.6 Å². The summed E-state index contributed by atoms with van der Waals surface area (Å²) in [5.74, 6) is -4.00. The van der Waals surface area contributed by atoms with Crippen LogP contribution in [-0.2, 0) is 71.6 Å². The number of methoxy groups -OCH3 is 5. The molecular weight excluding hydrogens is 812 g/mol. The Labute approximate surface area is 366 Å². The summed E-state index contributed by atoms with van der Waals surface area (Å²) in [6.07, 6.45) is 10.6. The van der Waals surface area contributed by atoms with Crippen LogP contribution in [0.3, 0.4) is 0 Å². The van der Waals surface area contributed by atoms with Crippen molar-refractivity contribution in [1.29, 1.82) is 0 Å². The third-order valence-electron chi connectivity index (χ3n) is 7.41. The van der Waals surface area contributed by atoms with E-state index in [9.17, 15) is 47.9 Å². The van der Waals surface area contributed by atoms with Crippen LogP contribution in [0.15, 0.2) is 48.1 Å². The number of ether oxygens (including phenoxy) is 5. The van der Waals surface area contributed by atoms with E-state index >= 15 is 0 Å². The first kappa shape index (κ1) is 62.5. The molecule has 0 aromatic heterocycles. The molecule has 0 saturated heterocycles. The van der Waals surface area contributed by atoms with E-state index in [0.717, 1.165) is 11.1 Å². The van der Waals surface area contributed by atoms with Crippen LogP contribution in [0.1, 0.15) is 101 Å². The largest absolute Gasteiger partial charge is 0.469 e. The van der Waals surface area contributed by atoms with Gasteiger partial charge < -0.3 is 49.7 Å². The molecule has 0 saturated carbocycles. The van der Waals surface area contributed by atoms with Crippen LogP contribution in [0, 0.1) is 5.92 Å². The Morgan fingerprint density at radius 2 is 0.694 bits per heavy atom. The average Bonchev–Trinajstić information content (AvgIpc) is 3.19. The number of Topliss-reactive ketones (excluding diaryl/α,β-unsaturated/α-hetero) is 1. The van der Waals surface area contributed by atoms with Gasteiger partial charge in [-0.15, -0.1) is 6.58 Å². The van der Waals surface area contributed by atoms with Crippen LogP contribution in [0.4, 0.5) is 0 Å². The number of carbonyl (C=O) groups excluding carboxylic acids is 10. The summed E-state index contributed by atoms with van der Waals surface area (Å²) in [5, 5.41) is 9.98. The third-order valence-corrected chi connectivity index (χ3v) is 7.41. The van der Waals surface area contributed by atoms with Gasteiger partial charge in [0.1, 0.15) is 30.0 Å². The van der Waals surface area contributed by atoms with Crippen LogP contribution in [-0.4, -0.2) is 119 Å². The fourth-order valence-corrected chi connectivity index (χ4v) is 4.55. The molecule has 0 aliphatic rings. The number of hydrogen-bond donors (Lipinski definition) is 4.